The maximum atomic E-state index is 11.0. The second-order valence-electron chi connectivity index (χ2n) is 5.24. The van der Waals surface area contributed by atoms with E-state index in [1.54, 1.807) is 0 Å². The molecule has 1 saturated carbocycles. The van der Waals surface area contributed by atoms with Crippen molar-refractivity contribution in [1.29, 1.82) is 0 Å². The molecule has 2 unspecified atom stereocenters. The molecule has 94 valence electrons. The molecule has 1 aliphatic carbocycles. The van der Waals surface area contributed by atoms with Crippen molar-refractivity contribution >= 4 is 6.29 Å². The highest BCUT2D eigenvalue weighted by Gasteiger charge is 2.25. The van der Waals surface area contributed by atoms with Crippen LogP contribution in [0.1, 0.15) is 66.8 Å². The van der Waals surface area contributed by atoms with E-state index in [2.05, 4.69) is 16.7 Å². The van der Waals surface area contributed by atoms with Crippen LogP contribution in [0.5, 0.6) is 0 Å². The van der Waals surface area contributed by atoms with Crippen molar-refractivity contribution in [3.8, 4) is 0 Å². The molecule has 0 aliphatic heterocycles. The maximum Gasteiger partial charge on any atom is 0.153 e. The van der Waals surface area contributed by atoms with Crippen LogP contribution in [0.4, 0.5) is 0 Å². The van der Waals surface area contributed by atoms with Crippen LogP contribution in [0.2, 0.25) is 0 Å². The third kappa shape index (κ3) is 2.28. The molecule has 3 heteroatoms. The third-order valence-electron chi connectivity index (χ3n) is 4.18. The van der Waals surface area contributed by atoms with Gasteiger partial charge in [0.1, 0.15) is 0 Å². The van der Waals surface area contributed by atoms with E-state index in [4.69, 9.17) is 0 Å². The van der Waals surface area contributed by atoms with Crippen LogP contribution < -0.4 is 0 Å². The summed E-state index contributed by atoms with van der Waals surface area (Å²) in [6, 6.07) is 0.501. The fraction of sp³-hybridized carbons (Fsp3) is 0.714. The van der Waals surface area contributed by atoms with Gasteiger partial charge in [-0.3, -0.25) is 9.48 Å². The molecule has 3 nitrogen and oxygen atoms in total. The van der Waals surface area contributed by atoms with Gasteiger partial charge < -0.3 is 0 Å². The lowest BCUT2D eigenvalue weighted by Crippen LogP contribution is -2.20. The summed E-state index contributed by atoms with van der Waals surface area (Å²) in [6.07, 6.45) is 7.27. The molecule has 1 fully saturated rings. The zero-order valence-electron chi connectivity index (χ0n) is 11.1. The average Bonchev–Trinajstić information content (AvgIpc) is 2.64. The Bertz CT molecular complexity index is 409. The lowest BCUT2D eigenvalue weighted by Gasteiger charge is -2.29. The van der Waals surface area contributed by atoms with Crippen molar-refractivity contribution in [3.05, 3.63) is 17.0 Å². The second kappa shape index (κ2) is 5.03. The Morgan fingerprint density at radius 1 is 1.41 bits per heavy atom. The van der Waals surface area contributed by atoms with E-state index >= 15 is 0 Å². The molecule has 0 saturated heterocycles. The summed E-state index contributed by atoms with van der Waals surface area (Å²) in [7, 11) is 0. The van der Waals surface area contributed by atoms with Crippen LogP contribution in [0.3, 0.4) is 0 Å². The number of aromatic nitrogens is 2. The van der Waals surface area contributed by atoms with Crippen LogP contribution in [0.25, 0.3) is 0 Å². The molecular weight excluding hydrogens is 212 g/mol. The number of aryl methyl sites for hydroxylation is 1. The van der Waals surface area contributed by atoms with Gasteiger partial charge in [-0.05, 0) is 32.6 Å². The minimum Gasteiger partial charge on any atom is -0.298 e. The molecule has 1 aliphatic rings. The number of carbonyl (C=O) groups is 1. The first-order valence-electron chi connectivity index (χ1n) is 6.68. The van der Waals surface area contributed by atoms with Crippen molar-refractivity contribution in [3.63, 3.8) is 0 Å². The van der Waals surface area contributed by atoms with Crippen LogP contribution in [-0.2, 0) is 0 Å². The largest absolute Gasteiger partial charge is 0.298 e. The predicted octanol–water partition coefficient (Wildman–Crippen LogP) is 3.45. The quantitative estimate of drug-likeness (QED) is 0.751. The predicted molar refractivity (Wildman–Crippen MR) is 68.4 cm³/mol. The van der Waals surface area contributed by atoms with Crippen molar-refractivity contribution in [1.82, 2.24) is 9.78 Å². The molecule has 17 heavy (non-hydrogen) atoms. The Morgan fingerprint density at radius 2 is 2.18 bits per heavy atom. The Morgan fingerprint density at radius 3 is 2.76 bits per heavy atom. The first-order valence-corrected chi connectivity index (χ1v) is 6.68. The molecule has 1 aromatic rings. The fourth-order valence-electron chi connectivity index (χ4n) is 3.06. The second-order valence-corrected chi connectivity index (χ2v) is 5.24. The standard InChI is InChI=1S/C14H22N2O/c1-4-12-6-5-7-13(8-12)16-11(3)14(9-17)10(2)15-16/h9,12-13H,4-8H2,1-3H3. The summed E-state index contributed by atoms with van der Waals surface area (Å²) < 4.78 is 2.10. The van der Waals surface area contributed by atoms with Crippen molar-refractivity contribution in [2.24, 2.45) is 5.92 Å². The minimum absolute atomic E-state index is 0.501. The molecule has 2 rings (SSSR count). The minimum atomic E-state index is 0.501. The van der Waals surface area contributed by atoms with E-state index in [1.165, 1.54) is 32.1 Å². The number of nitrogens with zero attached hydrogens (tertiary/aromatic N) is 2. The van der Waals surface area contributed by atoms with Gasteiger partial charge in [-0.25, -0.2) is 0 Å². The highest BCUT2D eigenvalue weighted by molar-refractivity contribution is 5.78. The molecule has 0 spiro atoms. The van der Waals surface area contributed by atoms with Gasteiger partial charge in [0.2, 0.25) is 0 Å². The summed E-state index contributed by atoms with van der Waals surface area (Å²) in [5.74, 6) is 0.831. The molecule has 2 atom stereocenters. The van der Waals surface area contributed by atoms with Gasteiger partial charge in [0, 0.05) is 5.69 Å². The third-order valence-corrected chi connectivity index (χ3v) is 4.18. The van der Waals surface area contributed by atoms with Gasteiger partial charge in [-0.1, -0.05) is 26.2 Å². The molecule has 0 N–H and O–H groups in total. The first kappa shape index (κ1) is 12.3. The van der Waals surface area contributed by atoms with Crippen LogP contribution in [-0.4, -0.2) is 16.1 Å². The Kier molecular flexibility index (Phi) is 3.65. The number of rotatable bonds is 3. The highest BCUT2D eigenvalue weighted by Crippen LogP contribution is 2.35. The van der Waals surface area contributed by atoms with Gasteiger partial charge in [0.15, 0.2) is 6.29 Å². The van der Waals surface area contributed by atoms with E-state index in [0.29, 0.717) is 6.04 Å². The van der Waals surface area contributed by atoms with E-state index in [0.717, 1.165) is 29.2 Å². The lowest BCUT2D eigenvalue weighted by molar-refractivity contribution is 0.112. The Balaban J connectivity index is 2.24. The van der Waals surface area contributed by atoms with Gasteiger partial charge in [0.25, 0.3) is 0 Å². The Hall–Kier alpha value is -1.12. The smallest absolute Gasteiger partial charge is 0.153 e. The molecule has 0 aromatic carbocycles. The van der Waals surface area contributed by atoms with Crippen LogP contribution >= 0.6 is 0 Å². The van der Waals surface area contributed by atoms with E-state index < -0.39 is 0 Å². The normalized spacial score (nSPS) is 24.9. The van der Waals surface area contributed by atoms with Gasteiger partial charge in [-0.2, -0.15) is 5.10 Å². The average molecular weight is 234 g/mol. The summed E-state index contributed by atoms with van der Waals surface area (Å²) in [5, 5.41) is 4.56. The zero-order valence-corrected chi connectivity index (χ0v) is 11.1. The molecule has 0 radical (unpaired) electrons. The van der Waals surface area contributed by atoms with Crippen molar-refractivity contribution in [2.75, 3.05) is 0 Å². The number of hydrogen-bond donors (Lipinski definition) is 0. The molecule has 1 heterocycles. The van der Waals surface area contributed by atoms with Crippen LogP contribution in [0, 0.1) is 19.8 Å². The molecule has 0 bridgehead atoms. The summed E-state index contributed by atoms with van der Waals surface area (Å²) in [6.45, 7) is 6.21. The van der Waals surface area contributed by atoms with Crippen molar-refractivity contribution < 1.29 is 4.79 Å². The molecular formula is C14H22N2O. The van der Waals surface area contributed by atoms with E-state index in [1.807, 2.05) is 13.8 Å². The van der Waals surface area contributed by atoms with E-state index in [-0.39, 0.29) is 0 Å². The monoisotopic (exact) mass is 234 g/mol. The molecule has 0 amide bonds. The first-order chi connectivity index (χ1) is 8.17. The lowest BCUT2D eigenvalue weighted by atomic mass is 9.84. The summed E-state index contributed by atoms with van der Waals surface area (Å²) >= 11 is 0. The number of aldehydes is 1. The number of hydrogen-bond acceptors (Lipinski definition) is 2. The summed E-state index contributed by atoms with van der Waals surface area (Å²) in [5.41, 5.74) is 2.69. The van der Waals surface area contributed by atoms with Crippen molar-refractivity contribution in [2.45, 2.75) is 58.9 Å². The number of carbonyl (C=O) groups excluding carboxylic acids is 1. The molecule has 1 aromatic heterocycles. The van der Waals surface area contributed by atoms with Gasteiger partial charge in [0.05, 0.1) is 17.3 Å². The Labute approximate surface area is 103 Å². The van der Waals surface area contributed by atoms with Gasteiger partial charge >= 0.3 is 0 Å². The highest BCUT2D eigenvalue weighted by atomic mass is 16.1. The summed E-state index contributed by atoms with van der Waals surface area (Å²) in [4.78, 5) is 11.0. The van der Waals surface area contributed by atoms with Crippen LogP contribution in [0.15, 0.2) is 0 Å². The maximum absolute atomic E-state index is 11.0. The SMILES string of the molecule is CCC1CCCC(n2nc(C)c(C=O)c2C)C1. The zero-order chi connectivity index (χ0) is 12.4. The van der Waals surface area contributed by atoms with Gasteiger partial charge in [-0.15, -0.1) is 0 Å². The fourth-order valence-corrected chi connectivity index (χ4v) is 3.06. The van der Waals surface area contributed by atoms with E-state index in [9.17, 15) is 4.79 Å². The topological polar surface area (TPSA) is 34.9 Å².